The number of fused-ring (bicyclic) bond motifs is 12. The van der Waals surface area contributed by atoms with Gasteiger partial charge < -0.3 is 20.4 Å². The lowest BCUT2D eigenvalue weighted by atomic mass is 9.65. The van der Waals surface area contributed by atoms with Gasteiger partial charge in [0.15, 0.2) is 0 Å². The van der Waals surface area contributed by atoms with Crippen LogP contribution in [0.5, 0.6) is 11.5 Å². The second-order valence-corrected chi connectivity index (χ2v) is 21.9. The van der Waals surface area contributed by atoms with Gasteiger partial charge in [-0.1, -0.05) is 249 Å². The summed E-state index contributed by atoms with van der Waals surface area (Å²) in [6, 6.07) is 96.1. The molecule has 4 N–H and O–H groups in total. The van der Waals surface area contributed by atoms with E-state index in [1.165, 1.54) is 22.3 Å². The molecule has 0 saturated carbocycles. The minimum Gasteiger partial charge on any atom is -0.508 e. The minimum absolute atomic E-state index is 0.201. The third-order valence-electron chi connectivity index (χ3n) is 18.3. The van der Waals surface area contributed by atoms with Crippen LogP contribution >= 0.6 is 0 Å². The Kier molecular flexibility index (Phi) is 9.74. The number of phenols is 2. The number of hydrogen-bond donors (Lipinski definition) is 4. The molecule has 4 aliphatic rings. The van der Waals surface area contributed by atoms with E-state index in [1.54, 1.807) is 24.3 Å². The molecule has 12 aromatic rings. The lowest BCUT2D eigenvalue weighted by Gasteiger charge is -2.36. The molecule has 2 atom stereocenters. The second kappa shape index (κ2) is 16.8. The van der Waals surface area contributed by atoms with E-state index in [0.29, 0.717) is 0 Å². The predicted octanol–water partition coefficient (Wildman–Crippen LogP) is 16.0. The van der Waals surface area contributed by atoms with Crippen molar-refractivity contribution < 1.29 is 20.4 Å². The largest absolute Gasteiger partial charge is 0.508 e. The summed E-state index contributed by atoms with van der Waals surface area (Å²) in [6.07, 6.45) is 0. The van der Waals surface area contributed by atoms with E-state index in [0.717, 1.165) is 111 Å². The first-order valence-electron chi connectivity index (χ1n) is 27.4. The molecule has 378 valence electrons. The molecule has 0 heterocycles. The molecular weight excluding hydrogens is 977 g/mol. The maximum absolute atomic E-state index is 13.5. The quantitative estimate of drug-likeness (QED) is 0.128. The second-order valence-electron chi connectivity index (χ2n) is 21.9. The van der Waals surface area contributed by atoms with E-state index in [4.69, 9.17) is 0 Å². The lowest BCUT2D eigenvalue weighted by Crippen LogP contribution is -2.30. The van der Waals surface area contributed by atoms with E-state index < -0.39 is 22.0 Å². The van der Waals surface area contributed by atoms with Gasteiger partial charge in [-0.15, -0.1) is 0 Å². The highest BCUT2D eigenvalue weighted by Crippen LogP contribution is 2.61. The van der Waals surface area contributed by atoms with Gasteiger partial charge in [0, 0.05) is 22.3 Å². The van der Waals surface area contributed by atoms with Crippen molar-refractivity contribution in [1.29, 1.82) is 0 Å². The topological polar surface area (TPSA) is 80.9 Å². The van der Waals surface area contributed by atoms with Crippen molar-refractivity contribution in [2.45, 2.75) is 22.0 Å². The number of benzene rings is 12. The molecule has 0 saturated heterocycles. The van der Waals surface area contributed by atoms with Gasteiger partial charge >= 0.3 is 0 Å². The van der Waals surface area contributed by atoms with Gasteiger partial charge in [-0.2, -0.15) is 0 Å². The van der Waals surface area contributed by atoms with Crippen molar-refractivity contribution >= 4 is 0 Å². The predicted molar refractivity (Wildman–Crippen MR) is 318 cm³/mol. The average molecular weight is 1030 g/mol. The van der Waals surface area contributed by atoms with Crippen LogP contribution in [0.2, 0.25) is 0 Å². The van der Waals surface area contributed by atoms with Crippen LogP contribution in [0.3, 0.4) is 0 Å². The Morgan fingerprint density at radius 3 is 0.938 bits per heavy atom. The summed E-state index contributed by atoms with van der Waals surface area (Å²) in [4.78, 5) is 0. The van der Waals surface area contributed by atoms with Crippen LogP contribution in [0.1, 0.15) is 77.9 Å². The van der Waals surface area contributed by atoms with Gasteiger partial charge in [0.05, 0.1) is 10.8 Å². The van der Waals surface area contributed by atoms with Gasteiger partial charge in [-0.25, -0.2) is 0 Å². The number of aromatic hydroxyl groups is 2. The van der Waals surface area contributed by atoms with Crippen LogP contribution in [0.25, 0.3) is 55.6 Å². The van der Waals surface area contributed by atoms with Crippen LogP contribution in [-0.2, 0) is 22.0 Å². The van der Waals surface area contributed by atoms with Crippen molar-refractivity contribution in [3.05, 3.63) is 357 Å². The molecule has 0 aliphatic heterocycles. The standard InChI is InChI=1S/C76H50O4/c77-54-41-37-50(38-42-54)73(64-21-7-1-14-57(64)58-15-2-8-22-65(58)73)48-29-31-49(32-30-48)74(51-39-43-55(78)44-40-51)66-23-9-3-18-61(66)63-46-47(28-45-67(63)74)56-20-13-27-71-72(56)62-19-6-12-26-70(62)76(71,80)53-35-33-52(34-36-53)75(79)68-24-10-4-16-59(68)60-17-5-11-25-69(60)75/h1-46,77-80H. The Balaban J connectivity index is 0.847. The van der Waals surface area contributed by atoms with Gasteiger partial charge in [0.25, 0.3) is 0 Å². The Hall–Kier alpha value is -9.84. The van der Waals surface area contributed by atoms with E-state index >= 15 is 0 Å². The van der Waals surface area contributed by atoms with Gasteiger partial charge in [-0.3, -0.25) is 0 Å². The van der Waals surface area contributed by atoms with E-state index in [1.807, 2.05) is 78.9 Å². The molecule has 0 fully saturated rings. The number of phenolic OH excluding ortho intramolecular Hbond substituents is 2. The smallest absolute Gasteiger partial charge is 0.141 e. The normalized spacial score (nSPS) is 17.8. The fourth-order valence-corrected chi connectivity index (χ4v) is 15.0. The van der Waals surface area contributed by atoms with Crippen LogP contribution in [0.15, 0.2) is 279 Å². The van der Waals surface area contributed by atoms with Crippen molar-refractivity contribution in [1.82, 2.24) is 0 Å². The molecule has 4 aliphatic carbocycles. The Morgan fingerprint density at radius 1 is 0.212 bits per heavy atom. The van der Waals surface area contributed by atoms with E-state index in [9.17, 15) is 20.4 Å². The zero-order valence-corrected chi connectivity index (χ0v) is 43.3. The van der Waals surface area contributed by atoms with Gasteiger partial charge in [0.2, 0.25) is 0 Å². The summed E-state index contributed by atoms with van der Waals surface area (Å²) >= 11 is 0. The molecule has 0 radical (unpaired) electrons. The fourth-order valence-electron chi connectivity index (χ4n) is 15.0. The van der Waals surface area contributed by atoms with Crippen LogP contribution in [-0.4, -0.2) is 20.4 Å². The highest BCUT2D eigenvalue weighted by Gasteiger charge is 2.50. The first-order chi connectivity index (χ1) is 39.2. The molecule has 0 spiro atoms. The van der Waals surface area contributed by atoms with E-state index in [2.05, 4.69) is 176 Å². The molecule has 0 aromatic heterocycles. The zero-order valence-electron chi connectivity index (χ0n) is 43.3. The first-order valence-corrected chi connectivity index (χ1v) is 27.4. The summed E-state index contributed by atoms with van der Waals surface area (Å²) in [5.74, 6) is 0.424. The summed E-state index contributed by atoms with van der Waals surface area (Å²) in [6.45, 7) is 0. The van der Waals surface area contributed by atoms with Crippen molar-refractivity contribution in [2.24, 2.45) is 0 Å². The highest BCUT2D eigenvalue weighted by molar-refractivity contribution is 5.96. The summed E-state index contributed by atoms with van der Waals surface area (Å²) in [7, 11) is 0. The third kappa shape index (κ3) is 5.96. The molecule has 2 unspecified atom stereocenters. The molecule has 80 heavy (non-hydrogen) atoms. The maximum Gasteiger partial charge on any atom is 0.141 e. The SMILES string of the molecule is Oc1ccc(C2(c3ccc(C4(c5ccc(O)cc5)c5ccccc5-c5cc(-c6cccc7c6-c6ccccc6C7(O)c6ccc(C7(O)c8ccccc8-c8ccccc87)cc6)ccc54)cc3)c3ccccc3-c3ccccc32)cc1. The van der Waals surface area contributed by atoms with Crippen LogP contribution in [0, 0.1) is 0 Å². The maximum atomic E-state index is 13.5. The Bertz CT molecular complexity index is 4430. The van der Waals surface area contributed by atoms with Crippen LogP contribution in [0.4, 0.5) is 0 Å². The Labute approximate surface area is 464 Å². The first kappa shape index (κ1) is 46.3. The van der Waals surface area contributed by atoms with Gasteiger partial charge in [-0.05, 0) is 142 Å². The molecule has 4 nitrogen and oxygen atoms in total. The third-order valence-corrected chi connectivity index (χ3v) is 18.3. The number of rotatable bonds is 7. The highest BCUT2D eigenvalue weighted by atomic mass is 16.3. The number of aliphatic hydroxyl groups is 2. The fraction of sp³-hybridized carbons (Fsp3) is 0.0526. The minimum atomic E-state index is -1.48. The van der Waals surface area contributed by atoms with Crippen LogP contribution < -0.4 is 0 Å². The molecular formula is C76H50O4. The monoisotopic (exact) mass is 1030 g/mol. The van der Waals surface area contributed by atoms with Crippen molar-refractivity contribution in [3.8, 4) is 67.1 Å². The summed E-state index contributed by atoms with van der Waals surface area (Å²) < 4.78 is 0. The lowest BCUT2D eigenvalue weighted by molar-refractivity contribution is 0.126. The Morgan fingerprint density at radius 2 is 0.500 bits per heavy atom. The molecule has 16 rings (SSSR count). The average Bonchev–Trinajstić information content (AvgIpc) is 4.37. The van der Waals surface area contributed by atoms with Gasteiger partial charge in [0.1, 0.15) is 22.7 Å². The molecule has 0 amide bonds. The number of hydrogen-bond acceptors (Lipinski definition) is 4. The van der Waals surface area contributed by atoms with Crippen molar-refractivity contribution in [3.63, 3.8) is 0 Å². The zero-order chi connectivity index (χ0) is 53.5. The van der Waals surface area contributed by atoms with E-state index in [-0.39, 0.29) is 11.5 Å². The summed E-state index contributed by atoms with van der Waals surface area (Å²) in [5.41, 5.74) is 20.1. The molecule has 4 heteroatoms. The molecule has 0 bridgehead atoms. The molecule has 12 aromatic carbocycles. The van der Waals surface area contributed by atoms with Crippen molar-refractivity contribution in [2.75, 3.05) is 0 Å². The summed E-state index contributed by atoms with van der Waals surface area (Å²) in [5, 5.41) is 47.7.